The molecule has 3 heteroatoms. The number of hydrogen-bond acceptors (Lipinski definition) is 1. The van der Waals surface area contributed by atoms with E-state index in [1.807, 2.05) is 6.07 Å². The summed E-state index contributed by atoms with van der Waals surface area (Å²) in [5.41, 5.74) is 0.940. The van der Waals surface area contributed by atoms with E-state index in [2.05, 4.69) is 0 Å². The first-order chi connectivity index (χ1) is 8.12. The van der Waals surface area contributed by atoms with E-state index in [-0.39, 0.29) is 22.9 Å². The molecule has 1 aromatic carbocycles. The highest BCUT2D eigenvalue weighted by atomic mass is 35.5. The van der Waals surface area contributed by atoms with E-state index < -0.39 is 0 Å². The Morgan fingerprint density at radius 2 is 2.06 bits per heavy atom. The van der Waals surface area contributed by atoms with Gasteiger partial charge >= 0.3 is 0 Å². The Bertz CT molecular complexity index is 436. The summed E-state index contributed by atoms with van der Waals surface area (Å²) >= 11 is 5.67. The van der Waals surface area contributed by atoms with Crippen LogP contribution in [0.2, 0.25) is 5.02 Å². The maximum Gasteiger partial charge on any atom is 0.142 e. The average molecular weight is 255 g/mol. The second-order valence-corrected chi connectivity index (χ2v) is 6.15. The number of fused-ring (bicyclic) bond motifs is 1. The van der Waals surface area contributed by atoms with E-state index >= 15 is 0 Å². The molecule has 2 unspecified atom stereocenters. The second-order valence-electron chi connectivity index (χ2n) is 5.75. The average Bonchev–Trinajstić information content (AvgIpc) is 2.93. The monoisotopic (exact) mass is 254 g/mol. The van der Waals surface area contributed by atoms with Gasteiger partial charge in [-0.1, -0.05) is 17.7 Å². The summed E-state index contributed by atoms with van der Waals surface area (Å²) in [7, 11) is 0. The third-order valence-corrected chi connectivity index (χ3v) is 4.66. The molecule has 0 saturated heterocycles. The molecule has 0 aromatic heterocycles. The standard InChI is InChI=1S/C14H16ClFO/c15-12-2-1-9(3-13(12)16)5-14(8-17)6-10-4-11(10)7-14/h1-3,10-11,17H,4-8H2. The number of aliphatic hydroxyl groups is 1. The zero-order chi connectivity index (χ0) is 12.0. The minimum atomic E-state index is -0.361. The van der Waals surface area contributed by atoms with Crippen LogP contribution in [0.15, 0.2) is 18.2 Å². The smallest absolute Gasteiger partial charge is 0.142 e. The fourth-order valence-electron chi connectivity index (χ4n) is 3.42. The molecule has 0 spiro atoms. The van der Waals surface area contributed by atoms with E-state index in [1.165, 1.54) is 12.5 Å². The number of benzene rings is 1. The minimum absolute atomic E-state index is 0.00610. The van der Waals surface area contributed by atoms with Crippen LogP contribution in [0.4, 0.5) is 4.39 Å². The van der Waals surface area contributed by atoms with Crippen molar-refractivity contribution >= 4 is 11.6 Å². The van der Waals surface area contributed by atoms with Crippen LogP contribution < -0.4 is 0 Å². The molecule has 1 N–H and O–H groups in total. The molecule has 2 aliphatic rings. The fraction of sp³-hybridized carbons (Fsp3) is 0.571. The van der Waals surface area contributed by atoms with Crippen LogP contribution in [0.1, 0.15) is 24.8 Å². The van der Waals surface area contributed by atoms with Crippen molar-refractivity contribution in [2.24, 2.45) is 17.3 Å². The SMILES string of the molecule is OCC1(Cc2ccc(Cl)c(F)c2)CC2CC2C1. The van der Waals surface area contributed by atoms with Gasteiger partial charge in [-0.2, -0.15) is 0 Å². The van der Waals surface area contributed by atoms with Gasteiger partial charge in [0, 0.05) is 6.61 Å². The minimum Gasteiger partial charge on any atom is -0.396 e. The molecular formula is C14H16ClFO. The lowest BCUT2D eigenvalue weighted by Gasteiger charge is -2.28. The molecule has 0 aliphatic heterocycles. The van der Waals surface area contributed by atoms with Crippen LogP contribution in [0, 0.1) is 23.1 Å². The molecule has 2 fully saturated rings. The fourth-order valence-corrected chi connectivity index (χ4v) is 3.54. The van der Waals surface area contributed by atoms with Gasteiger partial charge in [0.15, 0.2) is 0 Å². The lowest BCUT2D eigenvalue weighted by atomic mass is 9.78. The van der Waals surface area contributed by atoms with Crippen LogP contribution in [-0.4, -0.2) is 11.7 Å². The van der Waals surface area contributed by atoms with Gasteiger partial charge in [-0.25, -0.2) is 4.39 Å². The molecule has 3 rings (SSSR count). The van der Waals surface area contributed by atoms with Crippen molar-refractivity contribution in [2.75, 3.05) is 6.61 Å². The topological polar surface area (TPSA) is 20.2 Å². The summed E-state index contributed by atoms with van der Waals surface area (Å²) in [6, 6.07) is 4.98. The van der Waals surface area contributed by atoms with Gasteiger partial charge in [0.1, 0.15) is 5.82 Å². The van der Waals surface area contributed by atoms with E-state index in [1.54, 1.807) is 6.07 Å². The molecule has 2 aliphatic carbocycles. The first kappa shape index (κ1) is 11.5. The van der Waals surface area contributed by atoms with Gasteiger partial charge < -0.3 is 5.11 Å². The van der Waals surface area contributed by atoms with Gasteiger partial charge in [-0.3, -0.25) is 0 Å². The van der Waals surface area contributed by atoms with Gasteiger partial charge in [-0.15, -0.1) is 0 Å². The number of aliphatic hydroxyl groups excluding tert-OH is 1. The van der Waals surface area contributed by atoms with E-state index in [0.29, 0.717) is 0 Å². The molecule has 0 amide bonds. The highest BCUT2D eigenvalue weighted by Gasteiger charge is 2.53. The summed E-state index contributed by atoms with van der Waals surface area (Å²) in [6.45, 7) is 0.213. The molecule has 17 heavy (non-hydrogen) atoms. The summed E-state index contributed by atoms with van der Waals surface area (Å²) in [5, 5.41) is 9.79. The number of rotatable bonds is 3. The predicted molar refractivity (Wildman–Crippen MR) is 65.5 cm³/mol. The molecule has 2 saturated carbocycles. The quantitative estimate of drug-likeness (QED) is 0.876. The second kappa shape index (κ2) is 3.96. The Morgan fingerprint density at radius 3 is 2.65 bits per heavy atom. The van der Waals surface area contributed by atoms with Crippen molar-refractivity contribution < 1.29 is 9.50 Å². The third kappa shape index (κ3) is 2.09. The normalized spacial score (nSPS) is 34.8. The van der Waals surface area contributed by atoms with Gasteiger partial charge in [0.2, 0.25) is 0 Å². The lowest BCUT2D eigenvalue weighted by Crippen LogP contribution is -2.26. The Kier molecular flexibility index (Phi) is 2.68. The Hall–Kier alpha value is -0.600. The molecule has 0 heterocycles. The maximum absolute atomic E-state index is 13.4. The van der Waals surface area contributed by atoms with E-state index in [4.69, 9.17) is 11.6 Å². The van der Waals surface area contributed by atoms with E-state index in [0.717, 1.165) is 36.7 Å². The first-order valence-electron chi connectivity index (χ1n) is 6.17. The molecule has 1 nitrogen and oxygen atoms in total. The van der Waals surface area contributed by atoms with E-state index in [9.17, 15) is 9.50 Å². The van der Waals surface area contributed by atoms with Crippen LogP contribution in [0.25, 0.3) is 0 Å². The Balaban J connectivity index is 1.78. The zero-order valence-electron chi connectivity index (χ0n) is 9.63. The lowest BCUT2D eigenvalue weighted by molar-refractivity contribution is 0.117. The van der Waals surface area contributed by atoms with Crippen molar-refractivity contribution in [1.82, 2.24) is 0 Å². The predicted octanol–water partition coefficient (Wildman–Crippen LogP) is 3.43. The largest absolute Gasteiger partial charge is 0.396 e. The van der Waals surface area contributed by atoms with Crippen molar-refractivity contribution in [3.8, 4) is 0 Å². The maximum atomic E-state index is 13.4. The van der Waals surface area contributed by atoms with Gasteiger partial charge in [0.25, 0.3) is 0 Å². The molecular weight excluding hydrogens is 239 g/mol. The summed E-state index contributed by atoms with van der Waals surface area (Å²) in [4.78, 5) is 0. The Morgan fingerprint density at radius 1 is 1.35 bits per heavy atom. The van der Waals surface area contributed by atoms with Crippen molar-refractivity contribution in [2.45, 2.75) is 25.7 Å². The number of hydrogen-bond donors (Lipinski definition) is 1. The summed E-state index contributed by atoms with van der Waals surface area (Å²) < 4.78 is 13.4. The zero-order valence-corrected chi connectivity index (χ0v) is 10.4. The van der Waals surface area contributed by atoms with Crippen LogP contribution in [0.3, 0.4) is 0 Å². The van der Waals surface area contributed by atoms with Crippen LogP contribution in [0.5, 0.6) is 0 Å². The molecule has 92 valence electrons. The van der Waals surface area contributed by atoms with Gasteiger partial charge in [-0.05, 0) is 60.6 Å². The van der Waals surface area contributed by atoms with Crippen molar-refractivity contribution in [3.05, 3.63) is 34.6 Å². The van der Waals surface area contributed by atoms with Crippen LogP contribution in [-0.2, 0) is 6.42 Å². The van der Waals surface area contributed by atoms with Crippen LogP contribution >= 0.6 is 11.6 Å². The summed E-state index contributed by atoms with van der Waals surface area (Å²) in [6.07, 6.45) is 4.29. The third-order valence-electron chi connectivity index (χ3n) is 4.36. The highest BCUT2D eigenvalue weighted by molar-refractivity contribution is 6.30. The molecule has 1 aromatic rings. The summed E-state index contributed by atoms with van der Waals surface area (Å²) in [5.74, 6) is 1.28. The number of halogens is 2. The molecule has 0 bridgehead atoms. The molecule has 2 atom stereocenters. The van der Waals surface area contributed by atoms with Crippen molar-refractivity contribution in [1.29, 1.82) is 0 Å². The van der Waals surface area contributed by atoms with Gasteiger partial charge in [0.05, 0.1) is 5.02 Å². The van der Waals surface area contributed by atoms with Crippen molar-refractivity contribution in [3.63, 3.8) is 0 Å². The highest BCUT2D eigenvalue weighted by Crippen LogP contribution is 2.60. The first-order valence-corrected chi connectivity index (χ1v) is 6.54. The molecule has 0 radical (unpaired) electrons. The Labute approximate surface area is 106 Å².